The maximum atomic E-state index is 13.1. The van der Waals surface area contributed by atoms with Crippen molar-refractivity contribution in [2.75, 3.05) is 33.4 Å². The smallest absolute Gasteiger partial charge is 0.191 e. The van der Waals surface area contributed by atoms with Crippen LogP contribution in [0.25, 0.3) is 0 Å². The summed E-state index contributed by atoms with van der Waals surface area (Å²) in [5.41, 5.74) is 1.35. The van der Waals surface area contributed by atoms with Gasteiger partial charge in [0.15, 0.2) is 5.96 Å². The quantitative estimate of drug-likeness (QED) is 0.415. The first-order chi connectivity index (χ1) is 11.7. The van der Waals surface area contributed by atoms with Gasteiger partial charge in [0.05, 0.1) is 0 Å². The number of hydrogen-bond donors (Lipinski definition) is 2. The van der Waals surface area contributed by atoms with E-state index in [1.54, 1.807) is 19.2 Å². The third kappa shape index (κ3) is 4.94. The first-order valence-corrected chi connectivity index (χ1v) is 9.00. The van der Waals surface area contributed by atoms with Gasteiger partial charge >= 0.3 is 0 Å². The minimum atomic E-state index is -0.177. The molecule has 1 aromatic carbocycles. The molecule has 1 aromatic rings. The van der Waals surface area contributed by atoms with Gasteiger partial charge in [-0.25, -0.2) is 4.39 Å². The molecule has 2 N–H and O–H groups in total. The van der Waals surface area contributed by atoms with Crippen LogP contribution in [0.3, 0.4) is 0 Å². The van der Waals surface area contributed by atoms with Gasteiger partial charge in [-0.15, -0.1) is 0 Å². The first-order valence-electron chi connectivity index (χ1n) is 9.00. The number of benzene rings is 1. The van der Waals surface area contributed by atoms with Crippen molar-refractivity contribution in [2.24, 2.45) is 10.9 Å². The Morgan fingerprint density at radius 3 is 2.62 bits per heavy atom. The van der Waals surface area contributed by atoms with Gasteiger partial charge in [0.2, 0.25) is 0 Å². The Kier molecular flexibility index (Phi) is 5.72. The third-order valence-corrected chi connectivity index (χ3v) is 4.94. The maximum absolute atomic E-state index is 13.1. The zero-order chi connectivity index (χ0) is 16.8. The Morgan fingerprint density at radius 2 is 2.00 bits per heavy atom. The van der Waals surface area contributed by atoms with Crippen molar-refractivity contribution in [1.82, 2.24) is 10.6 Å². The summed E-state index contributed by atoms with van der Waals surface area (Å²) in [4.78, 5) is 4.28. The lowest BCUT2D eigenvalue weighted by molar-refractivity contribution is 0.123. The summed E-state index contributed by atoms with van der Waals surface area (Å²) >= 11 is 0. The van der Waals surface area contributed by atoms with E-state index in [0.29, 0.717) is 0 Å². The number of nitrogens with zero attached hydrogens (tertiary/aromatic N) is 1. The molecule has 0 amide bonds. The van der Waals surface area contributed by atoms with Gasteiger partial charge in [-0.2, -0.15) is 0 Å². The lowest BCUT2D eigenvalue weighted by atomic mass is 9.96. The van der Waals surface area contributed by atoms with Crippen LogP contribution in [0.15, 0.2) is 29.3 Å². The van der Waals surface area contributed by atoms with E-state index in [1.807, 2.05) is 12.1 Å². The van der Waals surface area contributed by atoms with Crippen molar-refractivity contribution in [3.05, 3.63) is 35.6 Å². The van der Waals surface area contributed by atoms with Crippen LogP contribution in [0.4, 0.5) is 4.39 Å². The van der Waals surface area contributed by atoms with Gasteiger partial charge in [-0.3, -0.25) is 4.99 Å². The van der Waals surface area contributed by atoms with E-state index in [4.69, 9.17) is 4.74 Å². The van der Waals surface area contributed by atoms with Crippen LogP contribution in [-0.4, -0.2) is 39.3 Å². The number of rotatable bonds is 9. The highest BCUT2D eigenvalue weighted by molar-refractivity contribution is 5.79. The Labute approximate surface area is 143 Å². The number of aliphatic imine (C=N–C) groups is 1. The van der Waals surface area contributed by atoms with Crippen molar-refractivity contribution in [1.29, 1.82) is 0 Å². The zero-order valence-corrected chi connectivity index (χ0v) is 14.5. The zero-order valence-electron chi connectivity index (χ0n) is 14.5. The number of guanidine groups is 1. The van der Waals surface area contributed by atoms with E-state index in [-0.39, 0.29) is 11.2 Å². The van der Waals surface area contributed by atoms with E-state index >= 15 is 0 Å². The molecule has 0 spiro atoms. The van der Waals surface area contributed by atoms with Crippen molar-refractivity contribution in [2.45, 2.75) is 37.5 Å². The van der Waals surface area contributed by atoms with Gasteiger partial charge in [0.25, 0.3) is 0 Å². The number of halogens is 1. The highest BCUT2D eigenvalue weighted by atomic mass is 19.1. The molecule has 0 atom stereocenters. The minimum absolute atomic E-state index is 0.138. The topological polar surface area (TPSA) is 45.7 Å². The van der Waals surface area contributed by atoms with Crippen LogP contribution in [-0.2, 0) is 10.2 Å². The highest BCUT2D eigenvalue weighted by Crippen LogP contribution is 2.47. The normalized spacial score (nSPS) is 19.2. The second-order valence-electron chi connectivity index (χ2n) is 7.01. The largest absolute Gasteiger partial charge is 0.381 e. The Hall–Kier alpha value is -1.62. The summed E-state index contributed by atoms with van der Waals surface area (Å²) in [7, 11) is 1.79. The monoisotopic (exact) mass is 333 g/mol. The summed E-state index contributed by atoms with van der Waals surface area (Å²) in [5, 5.41) is 6.74. The van der Waals surface area contributed by atoms with Gasteiger partial charge < -0.3 is 15.4 Å². The van der Waals surface area contributed by atoms with E-state index in [1.165, 1.54) is 18.4 Å². The molecular weight excluding hydrogens is 305 g/mol. The Morgan fingerprint density at radius 1 is 1.25 bits per heavy atom. The van der Waals surface area contributed by atoms with Crippen LogP contribution in [0.1, 0.15) is 37.7 Å². The van der Waals surface area contributed by atoms with Crippen molar-refractivity contribution < 1.29 is 9.13 Å². The molecule has 2 aliphatic carbocycles. The fraction of sp³-hybridized carbons (Fsp3) is 0.632. The van der Waals surface area contributed by atoms with Gasteiger partial charge in [-0.05, 0) is 55.7 Å². The second kappa shape index (κ2) is 7.97. The maximum Gasteiger partial charge on any atom is 0.191 e. The second-order valence-corrected chi connectivity index (χ2v) is 7.01. The molecule has 0 radical (unpaired) electrons. The summed E-state index contributed by atoms with van der Waals surface area (Å²) in [6.45, 7) is 3.41. The molecular formula is C19H28FN3O. The lowest BCUT2D eigenvalue weighted by Crippen LogP contribution is -2.41. The van der Waals surface area contributed by atoms with Crippen LogP contribution >= 0.6 is 0 Å². The SMILES string of the molecule is CN=C(NCCCOCC1CC1)NCC1(c2ccc(F)cc2)CC1. The van der Waals surface area contributed by atoms with Crippen molar-refractivity contribution in [3.8, 4) is 0 Å². The molecule has 2 saturated carbocycles. The molecule has 2 fully saturated rings. The highest BCUT2D eigenvalue weighted by Gasteiger charge is 2.44. The molecule has 0 unspecified atom stereocenters. The molecule has 0 aromatic heterocycles. The fourth-order valence-electron chi connectivity index (χ4n) is 2.91. The van der Waals surface area contributed by atoms with E-state index < -0.39 is 0 Å². The lowest BCUT2D eigenvalue weighted by Gasteiger charge is -2.19. The minimum Gasteiger partial charge on any atom is -0.381 e. The molecule has 2 aliphatic rings. The van der Waals surface area contributed by atoms with Crippen molar-refractivity contribution in [3.63, 3.8) is 0 Å². The van der Waals surface area contributed by atoms with Gasteiger partial charge in [0.1, 0.15) is 5.82 Å². The molecule has 0 aliphatic heterocycles. The van der Waals surface area contributed by atoms with Crippen LogP contribution in [0.5, 0.6) is 0 Å². The van der Waals surface area contributed by atoms with Crippen LogP contribution in [0.2, 0.25) is 0 Å². The number of hydrogen-bond acceptors (Lipinski definition) is 2. The molecule has 0 heterocycles. The van der Waals surface area contributed by atoms with E-state index in [9.17, 15) is 4.39 Å². The first kappa shape index (κ1) is 17.2. The van der Waals surface area contributed by atoms with E-state index in [2.05, 4.69) is 15.6 Å². The average molecular weight is 333 g/mol. The summed E-state index contributed by atoms with van der Waals surface area (Å²) < 4.78 is 18.7. The standard InChI is InChI=1S/C19H28FN3O/c1-21-18(22-11-2-12-24-13-15-3-4-15)23-14-19(9-10-19)16-5-7-17(20)8-6-16/h5-8,15H,2-4,9-14H2,1H3,(H2,21,22,23). The van der Waals surface area contributed by atoms with Crippen molar-refractivity contribution >= 4 is 5.96 Å². The Bertz CT molecular complexity index is 550. The van der Waals surface area contributed by atoms with Crippen LogP contribution < -0.4 is 10.6 Å². The average Bonchev–Trinajstić information content (AvgIpc) is 3.50. The predicted molar refractivity (Wildman–Crippen MR) is 94.8 cm³/mol. The van der Waals surface area contributed by atoms with Crippen LogP contribution in [0, 0.1) is 11.7 Å². The summed E-state index contributed by atoms with van der Waals surface area (Å²) in [6.07, 6.45) is 5.93. The molecule has 0 saturated heterocycles. The molecule has 24 heavy (non-hydrogen) atoms. The summed E-state index contributed by atoms with van der Waals surface area (Å²) in [6, 6.07) is 6.89. The van der Waals surface area contributed by atoms with Gasteiger partial charge in [0, 0.05) is 38.8 Å². The van der Waals surface area contributed by atoms with Gasteiger partial charge in [-0.1, -0.05) is 12.1 Å². The molecule has 132 valence electrons. The molecule has 0 bridgehead atoms. The number of nitrogens with one attached hydrogen (secondary N) is 2. The fourth-order valence-corrected chi connectivity index (χ4v) is 2.91. The molecule has 3 rings (SSSR count). The third-order valence-electron chi connectivity index (χ3n) is 4.94. The Balaban J connectivity index is 1.35. The number of ether oxygens (including phenoxy) is 1. The predicted octanol–water partition coefficient (Wildman–Crippen LogP) is 2.84. The summed E-state index contributed by atoms with van der Waals surface area (Å²) in [5.74, 6) is 1.48. The molecule has 5 heteroatoms. The molecule has 4 nitrogen and oxygen atoms in total. The van der Waals surface area contributed by atoms with E-state index in [0.717, 1.165) is 57.4 Å².